The van der Waals surface area contributed by atoms with Gasteiger partial charge in [0.25, 0.3) is 5.91 Å². The number of carbonyl (C=O) groups excluding carboxylic acids is 2. The molecular formula is C29H39FN2O6. The number of amides is 2. The highest BCUT2D eigenvalue weighted by molar-refractivity contribution is 5.98. The number of hydrogen-bond acceptors (Lipinski definition) is 5. The minimum atomic E-state index is -0.783. The van der Waals surface area contributed by atoms with Crippen molar-refractivity contribution in [2.75, 3.05) is 13.8 Å². The van der Waals surface area contributed by atoms with Gasteiger partial charge in [-0.1, -0.05) is 6.58 Å². The molecule has 0 radical (unpaired) electrons. The second-order valence-corrected chi connectivity index (χ2v) is 11.4. The lowest BCUT2D eigenvalue weighted by Gasteiger charge is -2.34. The smallest absolute Gasteiger partial charge is 0.309 e. The Kier molecular flexibility index (Phi) is 8.33. The van der Waals surface area contributed by atoms with Crippen molar-refractivity contribution in [3.63, 3.8) is 0 Å². The van der Waals surface area contributed by atoms with E-state index in [0.717, 1.165) is 24.8 Å². The first kappa shape index (κ1) is 27.9. The van der Waals surface area contributed by atoms with E-state index in [0.29, 0.717) is 48.4 Å². The third-order valence-corrected chi connectivity index (χ3v) is 8.80. The van der Waals surface area contributed by atoms with Crippen LogP contribution in [-0.2, 0) is 9.59 Å². The highest BCUT2D eigenvalue weighted by atomic mass is 19.1. The Morgan fingerprint density at radius 1 is 1.13 bits per heavy atom. The number of allylic oxidation sites excluding steroid dienone is 1. The number of rotatable bonds is 10. The summed E-state index contributed by atoms with van der Waals surface area (Å²) in [7, 11) is 1.50. The number of aliphatic carboxylic acids is 1. The molecule has 208 valence electrons. The second kappa shape index (κ2) is 11.3. The molecule has 0 aromatic heterocycles. The molecule has 3 aliphatic carbocycles. The molecule has 9 heteroatoms. The number of carboxylic acid groups (broad SMARTS) is 1. The van der Waals surface area contributed by atoms with Crippen LogP contribution in [0, 0.1) is 30.1 Å². The van der Waals surface area contributed by atoms with E-state index in [1.807, 2.05) is 6.92 Å². The Morgan fingerprint density at radius 3 is 2.45 bits per heavy atom. The first-order chi connectivity index (χ1) is 18.1. The van der Waals surface area contributed by atoms with E-state index >= 15 is 0 Å². The van der Waals surface area contributed by atoms with Crippen molar-refractivity contribution < 1.29 is 33.4 Å². The summed E-state index contributed by atoms with van der Waals surface area (Å²) in [6.07, 6.45) is 4.97. The summed E-state index contributed by atoms with van der Waals surface area (Å²) in [4.78, 5) is 38.2. The van der Waals surface area contributed by atoms with Crippen LogP contribution in [0.2, 0.25) is 0 Å². The van der Waals surface area contributed by atoms with Crippen molar-refractivity contribution in [2.45, 2.75) is 77.4 Å². The first-order valence-corrected chi connectivity index (χ1v) is 13.5. The number of nitrogens with one attached hydrogen (secondary N) is 2. The second-order valence-electron chi connectivity index (χ2n) is 11.4. The Morgan fingerprint density at radius 2 is 1.82 bits per heavy atom. The van der Waals surface area contributed by atoms with Gasteiger partial charge in [-0.25, -0.2) is 0 Å². The summed E-state index contributed by atoms with van der Waals surface area (Å²) >= 11 is 0. The number of benzene rings is 1. The molecule has 0 heterocycles. The quantitative estimate of drug-likeness (QED) is 0.409. The number of carboxylic acids is 1. The van der Waals surface area contributed by atoms with Crippen LogP contribution in [-0.4, -0.2) is 48.8 Å². The molecule has 3 N–H and O–H groups in total. The Labute approximate surface area is 223 Å². The summed E-state index contributed by atoms with van der Waals surface area (Å²) in [6.45, 7) is 6.80. The van der Waals surface area contributed by atoms with Crippen molar-refractivity contribution in [1.82, 2.24) is 10.6 Å². The highest BCUT2D eigenvalue weighted by Gasteiger charge is 2.51. The molecule has 2 amide bonds. The predicted molar refractivity (Wildman–Crippen MR) is 140 cm³/mol. The number of alkyl halides is 1. The van der Waals surface area contributed by atoms with Gasteiger partial charge in [0.2, 0.25) is 5.91 Å². The molecule has 8 nitrogen and oxygen atoms in total. The number of ether oxygens (including phenoxy) is 2. The zero-order valence-corrected chi connectivity index (χ0v) is 22.5. The van der Waals surface area contributed by atoms with E-state index in [1.54, 1.807) is 19.1 Å². The van der Waals surface area contributed by atoms with Crippen LogP contribution in [0.1, 0.15) is 74.2 Å². The molecular weight excluding hydrogens is 491 g/mol. The fourth-order valence-corrected chi connectivity index (χ4v) is 6.41. The average Bonchev–Trinajstić information content (AvgIpc) is 3.48. The molecule has 0 aliphatic heterocycles. The summed E-state index contributed by atoms with van der Waals surface area (Å²) in [6, 6.07) is 3.11. The van der Waals surface area contributed by atoms with Crippen molar-refractivity contribution >= 4 is 17.8 Å². The maximum atomic E-state index is 13.6. The van der Waals surface area contributed by atoms with Crippen molar-refractivity contribution in [1.29, 1.82) is 0 Å². The van der Waals surface area contributed by atoms with Crippen LogP contribution in [0.3, 0.4) is 0 Å². The van der Waals surface area contributed by atoms with Crippen LogP contribution in [0.25, 0.3) is 0 Å². The van der Waals surface area contributed by atoms with Crippen LogP contribution in [0.5, 0.6) is 11.5 Å². The van der Waals surface area contributed by atoms with E-state index < -0.39 is 24.0 Å². The lowest BCUT2D eigenvalue weighted by atomic mass is 9.75. The molecule has 4 rings (SSSR count). The van der Waals surface area contributed by atoms with E-state index in [9.17, 15) is 23.9 Å². The third kappa shape index (κ3) is 5.66. The largest absolute Gasteiger partial charge is 0.496 e. The molecule has 38 heavy (non-hydrogen) atoms. The van der Waals surface area contributed by atoms with Gasteiger partial charge in [-0.3, -0.25) is 18.8 Å². The van der Waals surface area contributed by atoms with E-state index in [-0.39, 0.29) is 42.2 Å². The van der Waals surface area contributed by atoms with Gasteiger partial charge >= 0.3 is 5.97 Å². The maximum absolute atomic E-state index is 13.6. The molecule has 1 aromatic carbocycles. The Hall–Kier alpha value is -3.10. The third-order valence-electron chi connectivity index (χ3n) is 8.80. The minimum Gasteiger partial charge on any atom is -0.496 e. The van der Waals surface area contributed by atoms with E-state index in [2.05, 4.69) is 17.2 Å². The van der Waals surface area contributed by atoms with Gasteiger partial charge in [-0.15, -0.1) is 0 Å². The fraction of sp³-hybridized carbons (Fsp3) is 0.621. The van der Waals surface area contributed by atoms with Crippen LogP contribution in [0.4, 0.5) is 4.39 Å². The zero-order chi connectivity index (χ0) is 27.6. The summed E-state index contributed by atoms with van der Waals surface area (Å²) < 4.78 is 24.5. The molecule has 0 spiro atoms. The lowest BCUT2D eigenvalue weighted by Crippen LogP contribution is -2.49. The average molecular weight is 531 g/mol. The summed E-state index contributed by atoms with van der Waals surface area (Å²) in [5.74, 6) is -0.392. The number of aryl methyl sites for hydroxylation is 1. The predicted octanol–water partition coefficient (Wildman–Crippen LogP) is 4.55. The SMILES string of the molecule is C=C(CCF)NC(=O)[C@H]1[C@@H]2CC[C@@H](C2)[C@H]1NC(=O)c1cc(O[C@H]2CC[C@@](C)(C(=O)O)CC2)c(C)cc1OC. The van der Waals surface area contributed by atoms with Crippen molar-refractivity contribution in [3.05, 3.63) is 35.5 Å². The van der Waals surface area contributed by atoms with Gasteiger partial charge in [-0.05, 0) is 88.3 Å². The normalized spacial score (nSPS) is 29.9. The lowest BCUT2D eigenvalue weighted by molar-refractivity contribution is -0.150. The summed E-state index contributed by atoms with van der Waals surface area (Å²) in [5.41, 5.74) is 0.747. The van der Waals surface area contributed by atoms with Gasteiger partial charge < -0.3 is 25.2 Å². The van der Waals surface area contributed by atoms with Gasteiger partial charge in [0.05, 0.1) is 36.8 Å². The monoisotopic (exact) mass is 530 g/mol. The molecule has 0 unspecified atom stereocenters. The number of methoxy groups -OCH3 is 1. The Bertz CT molecular complexity index is 1100. The molecule has 4 atom stereocenters. The van der Waals surface area contributed by atoms with Crippen molar-refractivity contribution in [3.8, 4) is 11.5 Å². The molecule has 0 saturated heterocycles. The number of carbonyl (C=O) groups is 3. The van der Waals surface area contributed by atoms with Gasteiger partial charge in [-0.2, -0.15) is 0 Å². The maximum Gasteiger partial charge on any atom is 0.309 e. The Balaban J connectivity index is 1.49. The van der Waals surface area contributed by atoms with Crippen LogP contribution in [0.15, 0.2) is 24.4 Å². The molecule has 3 aliphatic rings. The topological polar surface area (TPSA) is 114 Å². The van der Waals surface area contributed by atoms with Gasteiger partial charge in [0, 0.05) is 18.2 Å². The fourth-order valence-electron chi connectivity index (χ4n) is 6.41. The van der Waals surface area contributed by atoms with Crippen LogP contribution < -0.4 is 20.1 Å². The highest BCUT2D eigenvalue weighted by Crippen LogP contribution is 2.49. The van der Waals surface area contributed by atoms with E-state index in [4.69, 9.17) is 9.47 Å². The number of fused-ring (bicyclic) bond motifs is 2. The number of hydrogen-bond donors (Lipinski definition) is 3. The van der Waals surface area contributed by atoms with E-state index in [1.165, 1.54) is 7.11 Å². The van der Waals surface area contributed by atoms with Crippen molar-refractivity contribution in [2.24, 2.45) is 23.2 Å². The van der Waals surface area contributed by atoms with Crippen LogP contribution >= 0.6 is 0 Å². The number of halogens is 1. The molecule has 2 bridgehead atoms. The molecule has 3 fully saturated rings. The summed E-state index contributed by atoms with van der Waals surface area (Å²) in [5, 5.41) is 15.4. The first-order valence-electron chi connectivity index (χ1n) is 13.5. The molecule has 3 saturated carbocycles. The van der Waals surface area contributed by atoms with Gasteiger partial charge in [0.15, 0.2) is 0 Å². The standard InChI is InChI=1S/C29H39FN2O6/c1-16-13-23(37-4)21(15-22(16)38-20-7-10-29(3,11-8-20)28(35)36)26(33)32-25-19-6-5-18(14-19)24(25)27(34)31-17(2)9-12-30/h13,15,18-20,24-25H,2,5-12,14H2,1,3-4H3,(H,31,34)(H,32,33)(H,35,36)/t18-,19+,20-,24+,25-,29+/m1/s1. The minimum absolute atomic E-state index is 0.0729. The molecule has 1 aromatic rings. The zero-order valence-electron chi connectivity index (χ0n) is 22.5. The van der Waals surface area contributed by atoms with Gasteiger partial charge in [0.1, 0.15) is 11.5 Å².